The second-order valence-corrected chi connectivity index (χ2v) is 6.37. The summed E-state index contributed by atoms with van der Waals surface area (Å²) in [5, 5.41) is 6.20. The smallest absolute Gasteiger partial charge is 0.261 e. The molecule has 5 aromatic rings. The number of aromatic nitrogens is 2. The molecule has 3 heterocycles. The normalized spacial score (nSPS) is 14.1. The molecule has 3 aromatic carbocycles. The molecule has 0 spiro atoms. The van der Waals surface area contributed by atoms with Crippen LogP contribution in [0.3, 0.4) is 0 Å². The van der Waals surface area contributed by atoms with Gasteiger partial charge in [-0.15, -0.1) is 0 Å². The zero-order valence-electron chi connectivity index (χ0n) is 12.9. The third-order valence-corrected chi connectivity index (χ3v) is 5.09. The highest BCUT2D eigenvalue weighted by Gasteiger charge is 2.34. The predicted molar refractivity (Wildman–Crippen MR) is 97.0 cm³/mol. The molecule has 25 heavy (non-hydrogen) atoms. The number of rotatable bonds is 0. The van der Waals surface area contributed by atoms with Gasteiger partial charge in [0.2, 0.25) is 0 Å². The van der Waals surface area contributed by atoms with Crippen molar-refractivity contribution in [3.05, 3.63) is 59.7 Å². The van der Waals surface area contributed by atoms with Crippen LogP contribution in [0.25, 0.3) is 43.6 Å². The van der Waals surface area contributed by atoms with Gasteiger partial charge in [-0.05, 0) is 12.1 Å². The Hall–Kier alpha value is -3.60. The van der Waals surface area contributed by atoms with Gasteiger partial charge in [-0.1, -0.05) is 36.4 Å². The summed E-state index contributed by atoms with van der Waals surface area (Å²) in [6.07, 6.45) is 0. The van der Waals surface area contributed by atoms with Crippen molar-refractivity contribution >= 4 is 55.4 Å². The van der Waals surface area contributed by atoms with Crippen LogP contribution in [0.4, 0.5) is 0 Å². The fourth-order valence-electron chi connectivity index (χ4n) is 4.11. The number of carbonyl (C=O) groups is 2. The van der Waals surface area contributed by atoms with Gasteiger partial charge in [-0.2, -0.15) is 0 Å². The Morgan fingerprint density at radius 3 is 1.88 bits per heavy atom. The fraction of sp³-hybridized carbons (Fsp3) is 0. The first-order valence-corrected chi connectivity index (χ1v) is 8.06. The zero-order valence-corrected chi connectivity index (χ0v) is 12.9. The number of nitrogens with one attached hydrogen (secondary N) is 3. The van der Waals surface area contributed by atoms with Gasteiger partial charge >= 0.3 is 0 Å². The Kier molecular flexibility index (Phi) is 2.08. The van der Waals surface area contributed by atoms with Crippen LogP contribution < -0.4 is 5.32 Å². The van der Waals surface area contributed by atoms with Crippen LogP contribution in [0.1, 0.15) is 20.7 Å². The first kappa shape index (κ1) is 12.8. The molecule has 0 unspecified atom stereocenters. The van der Waals surface area contributed by atoms with Crippen molar-refractivity contribution in [2.45, 2.75) is 0 Å². The van der Waals surface area contributed by atoms with E-state index in [0.717, 1.165) is 38.1 Å². The Balaban J connectivity index is 2.04. The maximum absolute atomic E-state index is 12.5. The maximum atomic E-state index is 12.5. The van der Waals surface area contributed by atoms with Crippen molar-refractivity contribution in [2.24, 2.45) is 0 Å². The van der Waals surface area contributed by atoms with Crippen molar-refractivity contribution in [2.75, 3.05) is 0 Å². The summed E-state index contributed by atoms with van der Waals surface area (Å²) in [4.78, 5) is 31.8. The van der Waals surface area contributed by atoms with Crippen LogP contribution in [0.5, 0.6) is 0 Å². The summed E-state index contributed by atoms with van der Waals surface area (Å²) >= 11 is 0. The summed E-state index contributed by atoms with van der Waals surface area (Å²) in [5.74, 6) is -0.681. The minimum absolute atomic E-state index is 0.338. The van der Waals surface area contributed by atoms with E-state index in [9.17, 15) is 9.59 Å². The number of hydrogen-bond acceptors (Lipinski definition) is 2. The van der Waals surface area contributed by atoms with E-state index < -0.39 is 0 Å². The molecular formula is C20H11N3O2. The number of hydrogen-bond donors (Lipinski definition) is 3. The lowest BCUT2D eigenvalue weighted by molar-refractivity contribution is 0.0880. The maximum Gasteiger partial charge on any atom is 0.261 e. The third-order valence-electron chi connectivity index (χ3n) is 5.09. The Morgan fingerprint density at radius 1 is 0.600 bits per heavy atom. The Labute approximate surface area is 140 Å². The fourth-order valence-corrected chi connectivity index (χ4v) is 4.11. The van der Waals surface area contributed by atoms with E-state index in [4.69, 9.17) is 0 Å². The minimum Gasteiger partial charge on any atom is -0.354 e. The van der Waals surface area contributed by atoms with Gasteiger partial charge in [0.1, 0.15) is 0 Å². The molecule has 0 bridgehead atoms. The molecule has 0 fully saturated rings. The van der Waals surface area contributed by atoms with E-state index in [0.29, 0.717) is 16.6 Å². The van der Waals surface area contributed by atoms with Crippen LogP contribution >= 0.6 is 0 Å². The van der Waals surface area contributed by atoms with E-state index in [-0.39, 0.29) is 11.8 Å². The van der Waals surface area contributed by atoms with E-state index in [1.807, 2.05) is 48.5 Å². The lowest BCUT2D eigenvalue weighted by atomic mass is 9.98. The molecule has 118 valence electrons. The molecule has 3 N–H and O–H groups in total. The van der Waals surface area contributed by atoms with E-state index in [1.54, 1.807) is 0 Å². The van der Waals surface area contributed by atoms with Crippen LogP contribution in [0.15, 0.2) is 48.5 Å². The van der Waals surface area contributed by atoms with E-state index >= 15 is 0 Å². The van der Waals surface area contributed by atoms with E-state index in [1.165, 1.54) is 0 Å². The molecule has 5 nitrogen and oxygen atoms in total. The molecule has 1 aliphatic heterocycles. The summed E-state index contributed by atoms with van der Waals surface area (Å²) in [7, 11) is 0. The number of para-hydroxylation sites is 2. The van der Waals surface area contributed by atoms with E-state index in [2.05, 4.69) is 15.3 Å². The first-order valence-electron chi connectivity index (χ1n) is 8.06. The van der Waals surface area contributed by atoms with Crippen molar-refractivity contribution in [1.29, 1.82) is 0 Å². The molecule has 0 aliphatic carbocycles. The SMILES string of the molecule is O=C1NC(=O)c2c1c1[nH]c3ccccc3c1c1[nH]c3ccccc3c21. The molecule has 6 rings (SSSR count). The van der Waals surface area contributed by atoms with Crippen LogP contribution in [0.2, 0.25) is 0 Å². The molecule has 0 radical (unpaired) electrons. The van der Waals surface area contributed by atoms with Crippen LogP contribution in [0, 0.1) is 0 Å². The Morgan fingerprint density at radius 2 is 1.16 bits per heavy atom. The minimum atomic E-state index is -0.344. The summed E-state index contributed by atoms with van der Waals surface area (Å²) in [6.45, 7) is 0. The van der Waals surface area contributed by atoms with Gasteiger partial charge in [0.05, 0.1) is 22.2 Å². The number of aromatic amines is 2. The second kappa shape index (κ2) is 4.08. The molecule has 2 aromatic heterocycles. The number of fused-ring (bicyclic) bond motifs is 10. The molecule has 5 heteroatoms. The largest absolute Gasteiger partial charge is 0.354 e. The summed E-state index contributed by atoms with van der Waals surface area (Å²) in [5.41, 5.74) is 4.38. The van der Waals surface area contributed by atoms with Crippen molar-refractivity contribution in [3.8, 4) is 0 Å². The lowest BCUT2D eigenvalue weighted by Gasteiger charge is -2.02. The standard InChI is InChI=1S/C20H11N3O2/c24-19-15-13-9-5-1-3-7-11(9)21-17(13)14-10-6-2-4-8-12(10)22-18(14)16(15)20(25)23-19/h1-8,21-22H,(H,23,24,25). The van der Waals surface area contributed by atoms with Crippen LogP contribution in [-0.4, -0.2) is 21.8 Å². The van der Waals surface area contributed by atoms with Gasteiger partial charge in [-0.3, -0.25) is 14.9 Å². The summed E-state index contributed by atoms with van der Waals surface area (Å²) in [6, 6.07) is 15.8. The number of benzene rings is 3. The van der Waals surface area contributed by atoms with Gasteiger partial charge in [0, 0.05) is 32.6 Å². The van der Waals surface area contributed by atoms with Crippen molar-refractivity contribution < 1.29 is 9.59 Å². The third kappa shape index (κ3) is 1.39. The number of amides is 2. The predicted octanol–water partition coefficient (Wildman–Crippen LogP) is 3.84. The number of carbonyl (C=O) groups excluding carboxylic acids is 2. The highest BCUT2D eigenvalue weighted by molar-refractivity contribution is 6.38. The topological polar surface area (TPSA) is 77.8 Å². The van der Waals surface area contributed by atoms with Crippen LogP contribution in [-0.2, 0) is 0 Å². The highest BCUT2D eigenvalue weighted by atomic mass is 16.2. The highest BCUT2D eigenvalue weighted by Crippen LogP contribution is 2.41. The van der Waals surface area contributed by atoms with Gasteiger partial charge < -0.3 is 9.97 Å². The molecular weight excluding hydrogens is 314 g/mol. The quantitative estimate of drug-likeness (QED) is 0.378. The van der Waals surface area contributed by atoms with Gasteiger partial charge in [0.15, 0.2) is 0 Å². The lowest BCUT2D eigenvalue weighted by Crippen LogP contribution is -2.20. The summed E-state index contributed by atoms with van der Waals surface area (Å²) < 4.78 is 0. The van der Waals surface area contributed by atoms with Crippen molar-refractivity contribution in [3.63, 3.8) is 0 Å². The zero-order chi connectivity index (χ0) is 16.7. The average molecular weight is 325 g/mol. The first-order chi connectivity index (χ1) is 12.2. The van der Waals surface area contributed by atoms with Crippen molar-refractivity contribution in [1.82, 2.24) is 15.3 Å². The molecule has 0 saturated heterocycles. The second-order valence-electron chi connectivity index (χ2n) is 6.37. The van der Waals surface area contributed by atoms with Gasteiger partial charge in [-0.25, -0.2) is 0 Å². The average Bonchev–Trinajstić information content (AvgIpc) is 3.26. The van der Waals surface area contributed by atoms with Gasteiger partial charge in [0.25, 0.3) is 11.8 Å². The number of H-pyrrole nitrogens is 2. The molecule has 2 amide bonds. The molecule has 1 aliphatic rings. The Bertz CT molecular complexity index is 1400. The number of imide groups is 1. The molecule has 0 saturated carbocycles. The monoisotopic (exact) mass is 325 g/mol. The molecule has 0 atom stereocenters.